The second-order valence-corrected chi connectivity index (χ2v) is 10.1. The van der Waals surface area contributed by atoms with Crippen LogP contribution in [0.2, 0.25) is 0 Å². The molecule has 0 radical (unpaired) electrons. The molecular weight excluding hydrogens is 519 g/mol. The molecule has 4 heterocycles. The van der Waals surface area contributed by atoms with Gasteiger partial charge in [0.25, 0.3) is 11.1 Å². The average molecular weight is 544 g/mol. The Kier molecular flexibility index (Phi) is 7.52. The van der Waals surface area contributed by atoms with Crippen LogP contribution in [0.3, 0.4) is 0 Å². The van der Waals surface area contributed by atoms with Gasteiger partial charge in [-0.1, -0.05) is 12.1 Å². The van der Waals surface area contributed by atoms with Gasteiger partial charge in [-0.25, -0.2) is 9.97 Å². The van der Waals surface area contributed by atoms with Gasteiger partial charge in [-0.05, 0) is 73.5 Å². The molecule has 12 heteroatoms. The molecule has 38 heavy (non-hydrogen) atoms. The number of carbonyl (C=O) groups excluding carboxylic acids is 2. The van der Waals surface area contributed by atoms with Crippen molar-refractivity contribution in [2.24, 2.45) is 5.92 Å². The first-order valence-corrected chi connectivity index (χ1v) is 12.9. The predicted octanol–water partition coefficient (Wildman–Crippen LogP) is 5.09. The lowest BCUT2D eigenvalue weighted by Gasteiger charge is -2.32. The van der Waals surface area contributed by atoms with Crippen molar-refractivity contribution < 1.29 is 27.2 Å². The second kappa shape index (κ2) is 11.0. The third kappa shape index (κ3) is 6.25. The first-order chi connectivity index (χ1) is 18.2. The predicted molar refractivity (Wildman–Crippen MR) is 137 cm³/mol. The number of thioether (sulfide) groups is 1. The summed E-state index contributed by atoms with van der Waals surface area (Å²) >= 11 is 0.851. The lowest BCUT2D eigenvalue weighted by atomic mass is 9.97. The van der Waals surface area contributed by atoms with E-state index in [1.165, 1.54) is 6.07 Å². The molecule has 2 aliphatic rings. The number of anilines is 1. The minimum atomic E-state index is -4.40. The number of aromatic nitrogens is 2. The van der Waals surface area contributed by atoms with E-state index in [0.29, 0.717) is 46.1 Å². The zero-order valence-electron chi connectivity index (χ0n) is 20.1. The standard InChI is InChI=1S/C26H24F3N5O3S/c27-26(28,29)18-3-1-2-17(12-18)21-5-4-20(37-21)15-30-14-16-7-10-34(11-8-16)24-31-9-6-19(32-24)13-22-23(35)33-25(36)38-22/h1-6,9,12-13,16,30H,7-8,10-11,14-15H2,(H,33,35,36)/b22-13+. The summed E-state index contributed by atoms with van der Waals surface area (Å²) in [6.45, 7) is 2.81. The molecule has 198 valence electrons. The van der Waals surface area contributed by atoms with Crippen molar-refractivity contribution >= 4 is 34.9 Å². The van der Waals surface area contributed by atoms with Gasteiger partial charge in [-0.15, -0.1) is 0 Å². The molecule has 0 aliphatic carbocycles. The summed E-state index contributed by atoms with van der Waals surface area (Å²) in [6.07, 6.45) is 0.687. The Morgan fingerprint density at radius 1 is 1.16 bits per heavy atom. The van der Waals surface area contributed by atoms with E-state index in [1.807, 2.05) is 0 Å². The topological polar surface area (TPSA) is 100 Å². The number of carbonyl (C=O) groups is 2. The van der Waals surface area contributed by atoms with Crippen LogP contribution in [0, 0.1) is 5.92 Å². The molecule has 0 bridgehead atoms. The quantitative estimate of drug-likeness (QED) is 0.398. The molecular formula is C26H24F3N5O3S. The molecule has 0 spiro atoms. The highest BCUT2D eigenvalue weighted by molar-refractivity contribution is 8.18. The fourth-order valence-electron chi connectivity index (χ4n) is 4.36. The molecule has 2 aliphatic heterocycles. The smallest absolute Gasteiger partial charge is 0.416 e. The summed E-state index contributed by atoms with van der Waals surface area (Å²) in [6, 6.07) is 10.3. The monoisotopic (exact) mass is 543 g/mol. The first-order valence-electron chi connectivity index (χ1n) is 12.0. The third-order valence-corrected chi connectivity index (χ3v) is 7.16. The van der Waals surface area contributed by atoms with Gasteiger partial charge in [-0.2, -0.15) is 13.2 Å². The number of nitrogens with one attached hydrogen (secondary N) is 2. The van der Waals surface area contributed by atoms with Crippen LogP contribution in [0.1, 0.15) is 29.9 Å². The lowest BCUT2D eigenvalue weighted by molar-refractivity contribution is -0.137. The molecule has 2 fully saturated rings. The average Bonchev–Trinajstić information content (AvgIpc) is 3.50. The molecule has 0 atom stereocenters. The van der Waals surface area contributed by atoms with Crippen LogP contribution >= 0.6 is 11.8 Å². The zero-order chi connectivity index (χ0) is 26.7. The molecule has 0 unspecified atom stereocenters. The largest absolute Gasteiger partial charge is 0.460 e. The fourth-order valence-corrected chi connectivity index (χ4v) is 5.03. The number of amides is 2. The van der Waals surface area contributed by atoms with Crippen molar-refractivity contribution in [3.63, 3.8) is 0 Å². The molecule has 5 rings (SSSR count). The molecule has 2 saturated heterocycles. The van der Waals surface area contributed by atoms with Gasteiger partial charge in [0.15, 0.2) is 0 Å². The van der Waals surface area contributed by atoms with E-state index in [9.17, 15) is 22.8 Å². The van der Waals surface area contributed by atoms with E-state index in [0.717, 1.165) is 56.4 Å². The van der Waals surface area contributed by atoms with Gasteiger partial charge < -0.3 is 14.6 Å². The molecule has 0 saturated carbocycles. The number of nitrogens with zero attached hydrogens (tertiary/aromatic N) is 3. The molecule has 2 aromatic heterocycles. The Balaban J connectivity index is 1.10. The normalized spacial score (nSPS) is 17.9. The summed E-state index contributed by atoms with van der Waals surface area (Å²) in [7, 11) is 0. The fraction of sp³-hybridized carbons (Fsp3) is 0.308. The van der Waals surface area contributed by atoms with E-state index >= 15 is 0 Å². The third-order valence-electron chi connectivity index (χ3n) is 6.35. The van der Waals surface area contributed by atoms with Crippen LogP contribution in [0.4, 0.5) is 23.9 Å². The molecule has 8 nitrogen and oxygen atoms in total. The van der Waals surface area contributed by atoms with Crippen molar-refractivity contribution in [1.29, 1.82) is 0 Å². The maximum Gasteiger partial charge on any atom is 0.416 e. The number of imide groups is 1. The van der Waals surface area contributed by atoms with E-state index in [2.05, 4.69) is 25.5 Å². The Morgan fingerprint density at radius 2 is 1.97 bits per heavy atom. The van der Waals surface area contributed by atoms with Gasteiger partial charge in [0, 0.05) is 24.8 Å². The van der Waals surface area contributed by atoms with Gasteiger partial charge in [0.1, 0.15) is 11.5 Å². The summed E-state index contributed by atoms with van der Waals surface area (Å²) in [5.74, 6) is 1.66. The van der Waals surface area contributed by atoms with E-state index in [1.54, 1.807) is 36.5 Å². The van der Waals surface area contributed by atoms with Crippen LogP contribution in [0.25, 0.3) is 17.4 Å². The van der Waals surface area contributed by atoms with Crippen molar-refractivity contribution in [1.82, 2.24) is 20.6 Å². The number of hydrogen-bond donors (Lipinski definition) is 2. The van der Waals surface area contributed by atoms with Gasteiger partial charge in [0.05, 0.1) is 22.7 Å². The Hall–Kier alpha value is -3.64. The van der Waals surface area contributed by atoms with Crippen LogP contribution < -0.4 is 15.5 Å². The number of alkyl halides is 3. The Morgan fingerprint density at radius 3 is 2.71 bits per heavy atom. The minimum absolute atomic E-state index is 0.308. The van der Waals surface area contributed by atoms with Crippen LogP contribution in [-0.4, -0.2) is 40.7 Å². The van der Waals surface area contributed by atoms with Crippen LogP contribution in [0.15, 0.2) is 58.0 Å². The number of rotatable bonds is 7. The summed E-state index contributed by atoms with van der Waals surface area (Å²) < 4.78 is 44.7. The molecule has 3 aromatic rings. The number of halogens is 3. The van der Waals surface area contributed by atoms with Crippen molar-refractivity contribution in [3.8, 4) is 11.3 Å². The zero-order valence-corrected chi connectivity index (χ0v) is 20.9. The van der Waals surface area contributed by atoms with E-state index in [-0.39, 0.29) is 0 Å². The van der Waals surface area contributed by atoms with E-state index < -0.39 is 22.9 Å². The maximum atomic E-state index is 13.0. The summed E-state index contributed by atoms with van der Waals surface area (Å²) in [5.41, 5.74) is 0.247. The van der Waals surface area contributed by atoms with E-state index in [4.69, 9.17) is 4.42 Å². The molecule has 2 N–H and O–H groups in total. The number of hydrogen-bond acceptors (Lipinski definition) is 8. The van der Waals surface area contributed by atoms with Crippen LogP contribution in [-0.2, 0) is 17.5 Å². The van der Waals surface area contributed by atoms with Crippen LogP contribution in [0.5, 0.6) is 0 Å². The minimum Gasteiger partial charge on any atom is -0.460 e. The Bertz CT molecular complexity index is 1370. The van der Waals surface area contributed by atoms with Crippen molar-refractivity contribution in [2.75, 3.05) is 24.5 Å². The lowest BCUT2D eigenvalue weighted by Crippen LogP contribution is -2.38. The number of piperidine rings is 1. The second-order valence-electron chi connectivity index (χ2n) is 9.04. The number of furan rings is 1. The highest BCUT2D eigenvalue weighted by Gasteiger charge is 2.30. The van der Waals surface area contributed by atoms with Crippen molar-refractivity contribution in [2.45, 2.75) is 25.6 Å². The highest BCUT2D eigenvalue weighted by Crippen LogP contribution is 2.33. The highest BCUT2D eigenvalue weighted by atomic mass is 32.2. The maximum absolute atomic E-state index is 13.0. The molecule has 2 amide bonds. The number of benzene rings is 1. The molecule has 1 aromatic carbocycles. The van der Waals surface area contributed by atoms with Gasteiger partial charge >= 0.3 is 6.18 Å². The Labute approximate surface area is 220 Å². The SMILES string of the molecule is O=C1NC(=O)/C(=C\c2ccnc(N3CCC(CNCc4ccc(-c5cccc(C(F)(F)F)c5)o4)CC3)n2)S1. The summed E-state index contributed by atoms with van der Waals surface area (Å²) in [5, 5.41) is 5.22. The summed E-state index contributed by atoms with van der Waals surface area (Å²) in [4.78, 5) is 34.4. The first kappa shape index (κ1) is 26.0. The van der Waals surface area contributed by atoms with Crippen molar-refractivity contribution in [3.05, 3.63) is 70.6 Å². The van der Waals surface area contributed by atoms with Gasteiger partial charge in [0.2, 0.25) is 5.95 Å². The van der Waals surface area contributed by atoms with Gasteiger partial charge in [-0.3, -0.25) is 14.9 Å².